The quantitative estimate of drug-likeness (QED) is 0.839. The molecule has 122 valence electrons. The minimum absolute atomic E-state index is 0.198. The highest BCUT2D eigenvalue weighted by Gasteiger charge is 2.29. The van der Waals surface area contributed by atoms with Crippen LogP contribution in [0.1, 0.15) is 35.1 Å². The van der Waals surface area contributed by atoms with Gasteiger partial charge in [-0.3, -0.25) is 4.79 Å². The molecule has 0 aliphatic heterocycles. The highest BCUT2D eigenvalue weighted by molar-refractivity contribution is 7.15. The second kappa shape index (κ2) is 6.19. The molecule has 1 fully saturated rings. The average molecular weight is 338 g/mol. The van der Waals surface area contributed by atoms with Crippen LogP contribution in [0.3, 0.4) is 0 Å². The zero-order valence-electron chi connectivity index (χ0n) is 12.7. The van der Waals surface area contributed by atoms with Gasteiger partial charge in [0.1, 0.15) is 5.69 Å². The van der Waals surface area contributed by atoms with E-state index in [-0.39, 0.29) is 17.6 Å². The number of rotatable bonds is 4. The zero-order chi connectivity index (χ0) is 16.6. The van der Waals surface area contributed by atoms with Crippen molar-refractivity contribution in [2.45, 2.75) is 32.7 Å². The molecule has 2 aromatic heterocycles. The van der Waals surface area contributed by atoms with E-state index in [1.807, 2.05) is 0 Å². The van der Waals surface area contributed by atoms with Crippen molar-refractivity contribution in [1.82, 2.24) is 15.3 Å². The summed E-state index contributed by atoms with van der Waals surface area (Å²) in [7, 11) is 0. The summed E-state index contributed by atoms with van der Waals surface area (Å²) in [5, 5.41) is 6.17. The van der Waals surface area contributed by atoms with Gasteiger partial charge in [-0.2, -0.15) is 13.8 Å². The van der Waals surface area contributed by atoms with Gasteiger partial charge in [-0.15, -0.1) is 11.3 Å². The van der Waals surface area contributed by atoms with Crippen molar-refractivity contribution in [3.8, 4) is 0 Å². The van der Waals surface area contributed by atoms with Crippen molar-refractivity contribution < 1.29 is 13.6 Å². The number of carbonyl (C=O) groups is 1. The Morgan fingerprint density at radius 1 is 1.26 bits per heavy atom. The van der Waals surface area contributed by atoms with Crippen LogP contribution in [0.15, 0.2) is 12.1 Å². The van der Waals surface area contributed by atoms with E-state index >= 15 is 0 Å². The number of amides is 1. The molecule has 2 N–H and O–H groups in total. The fraction of sp³-hybridized carbons (Fsp3) is 0.400. The molecule has 1 aliphatic rings. The molecule has 8 heteroatoms. The van der Waals surface area contributed by atoms with Crippen molar-refractivity contribution >= 4 is 28.1 Å². The number of hydrogen-bond donors (Lipinski definition) is 2. The summed E-state index contributed by atoms with van der Waals surface area (Å²) in [6, 6.07) is 2.33. The van der Waals surface area contributed by atoms with Crippen molar-refractivity contribution in [3.05, 3.63) is 34.6 Å². The average Bonchev–Trinajstić information content (AvgIpc) is 2.82. The minimum atomic E-state index is -0.919. The zero-order valence-corrected chi connectivity index (χ0v) is 13.5. The first-order valence-electron chi connectivity index (χ1n) is 7.31. The maximum Gasteiger partial charge on any atom is 0.271 e. The Balaban J connectivity index is 1.73. The molecule has 1 saturated carbocycles. The lowest BCUT2D eigenvalue weighted by Crippen LogP contribution is -2.45. The van der Waals surface area contributed by atoms with Crippen LogP contribution in [-0.4, -0.2) is 21.9 Å². The van der Waals surface area contributed by atoms with Crippen molar-refractivity contribution in [1.29, 1.82) is 0 Å². The molecule has 1 aliphatic carbocycles. The highest BCUT2D eigenvalue weighted by atomic mass is 32.1. The number of halogens is 2. The Morgan fingerprint density at radius 3 is 2.52 bits per heavy atom. The number of anilines is 2. The first-order chi connectivity index (χ1) is 10.9. The van der Waals surface area contributed by atoms with Gasteiger partial charge in [0.05, 0.1) is 0 Å². The smallest absolute Gasteiger partial charge is 0.271 e. The molecule has 0 aromatic carbocycles. The number of nitrogens with one attached hydrogen (secondary N) is 2. The Labute approximate surface area is 136 Å². The number of aromatic nitrogens is 2. The molecule has 0 spiro atoms. The molecular formula is C15H16F2N4OS. The molecule has 0 radical (unpaired) electrons. The number of hydrogen-bond acceptors (Lipinski definition) is 5. The van der Waals surface area contributed by atoms with Gasteiger partial charge in [-0.25, -0.2) is 4.98 Å². The van der Waals surface area contributed by atoms with Gasteiger partial charge in [0.15, 0.2) is 5.13 Å². The predicted molar refractivity (Wildman–Crippen MR) is 83.9 cm³/mol. The van der Waals surface area contributed by atoms with Crippen molar-refractivity contribution in [3.63, 3.8) is 0 Å². The summed E-state index contributed by atoms with van der Waals surface area (Å²) in [4.78, 5) is 20.3. The molecule has 1 amide bonds. The van der Waals surface area contributed by atoms with E-state index in [2.05, 4.69) is 27.5 Å². The molecule has 0 bridgehead atoms. The van der Waals surface area contributed by atoms with Crippen LogP contribution in [0.25, 0.3) is 0 Å². The molecule has 2 atom stereocenters. The van der Waals surface area contributed by atoms with Crippen LogP contribution >= 0.6 is 11.3 Å². The van der Waals surface area contributed by atoms with E-state index in [4.69, 9.17) is 0 Å². The Kier molecular flexibility index (Phi) is 4.25. The summed E-state index contributed by atoms with van der Waals surface area (Å²) < 4.78 is 26.2. The van der Waals surface area contributed by atoms with E-state index in [0.29, 0.717) is 16.7 Å². The summed E-state index contributed by atoms with van der Waals surface area (Å²) in [6.07, 6.45) is 2.10. The van der Waals surface area contributed by atoms with Crippen molar-refractivity contribution in [2.75, 3.05) is 5.32 Å². The second-order valence-corrected chi connectivity index (χ2v) is 6.89. The second-order valence-electron chi connectivity index (χ2n) is 5.68. The van der Waals surface area contributed by atoms with E-state index in [9.17, 15) is 13.6 Å². The van der Waals surface area contributed by atoms with E-state index in [0.717, 1.165) is 29.9 Å². The molecule has 0 saturated heterocycles. The third kappa shape index (κ3) is 3.47. The van der Waals surface area contributed by atoms with Gasteiger partial charge in [0, 0.05) is 28.7 Å². The number of pyridine rings is 1. The lowest BCUT2D eigenvalue weighted by molar-refractivity contribution is 0.0879. The number of carbonyl (C=O) groups excluding carboxylic acids is 1. The third-order valence-corrected chi connectivity index (χ3v) is 4.85. The SMILES string of the molecule is Cc1sc(Nc2cc(F)nc(F)c2)nc1C(=O)NC1CCC1C. The number of thiazole rings is 1. The summed E-state index contributed by atoms with van der Waals surface area (Å²) in [5.74, 6) is -1.57. The Hall–Kier alpha value is -2.09. The first-order valence-corrected chi connectivity index (χ1v) is 8.12. The molecule has 2 aromatic rings. The van der Waals surface area contributed by atoms with Gasteiger partial charge in [0.2, 0.25) is 11.9 Å². The van der Waals surface area contributed by atoms with Gasteiger partial charge < -0.3 is 10.6 Å². The van der Waals surface area contributed by atoms with Crippen LogP contribution < -0.4 is 10.6 Å². The lowest BCUT2D eigenvalue weighted by Gasteiger charge is -2.34. The molecular weight excluding hydrogens is 322 g/mol. The molecule has 2 unspecified atom stereocenters. The largest absolute Gasteiger partial charge is 0.348 e. The predicted octanol–water partition coefficient (Wildman–Crippen LogP) is 3.40. The normalized spacial score (nSPS) is 20.0. The fourth-order valence-electron chi connectivity index (χ4n) is 2.44. The third-order valence-electron chi connectivity index (χ3n) is 3.96. The van der Waals surface area contributed by atoms with Gasteiger partial charge in [-0.05, 0) is 25.7 Å². The van der Waals surface area contributed by atoms with Crippen LogP contribution in [-0.2, 0) is 0 Å². The van der Waals surface area contributed by atoms with Gasteiger partial charge in [0.25, 0.3) is 5.91 Å². The lowest BCUT2D eigenvalue weighted by atomic mass is 9.81. The fourth-order valence-corrected chi connectivity index (χ4v) is 3.27. The van der Waals surface area contributed by atoms with Crippen LogP contribution in [0.4, 0.5) is 19.6 Å². The standard InChI is InChI=1S/C15H16F2N4OS/c1-7-3-4-10(7)19-14(22)13-8(2)23-15(21-13)18-9-5-11(16)20-12(17)6-9/h5-7,10H,3-4H2,1-2H3,(H,19,22)(H,18,20,21). The topological polar surface area (TPSA) is 66.9 Å². The minimum Gasteiger partial charge on any atom is -0.348 e. The number of aryl methyl sites for hydroxylation is 1. The molecule has 23 heavy (non-hydrogen) atoms. The highest BCUT2D eigenvalue weighted by Crippen LogP contribution is 2.29. The van der Waals surface area contributed by atoms with Crippen LogP contribution in [0, 0.1) is 24.7 Å². The van der Waals surface area contributed by atoms with E-state index in [1.54, 1.807) is 6.92 Å². The first kappa shape index (κ1) is 15.8. The van der Waals surface area contributed by atoms with E-state index in [1.165, 1.54) is 11.3 Å². The monoisotopic (exact) mass is 338 g/mol. The Bertz CT molecular complexity index is 729. The van der Waals surface area contributed by atoms with Crippen LogP contribution in [0.2, 0.25) is 0 Å². The maximum absolute atomic E-state index is 13.1. The van der Waals surface area contributed by atoms with Crippen LogP contribution in [0.5, 0.6) is 0 Å². The van der Waals surface area contributed by atoms with E-state index < -0.39 is 11.9 Å². The summed E-state index contributed by atoms with van der Waals surface area (Å²) in [6.45, 7) is 3.89. The van der Waals surface area contributed by atoms with Gasteiger partial charge in [-0.1, -0.05) is 6.92 Å². The van der Waals surface area contributed by atoms with Crippen molar-refractivity contribution in [2.24, 2.45) is 5.92 Å². The maximum atomic E-state index is 13.1. The van der Waals surface area contributed by atoms with Gasteiger partial charge >= 0.3 is 0 Å². The Morgan fingerprint density at radius 2 is 1.96 bits per heavy atom. The molecule has 5 nitrogen and oxygen atoms in total. The summed E-state index contributed by atoms with van der Waals surface area (Å²) in [5.41, 5.74) is 0.537. The number of nitrogens with zero attached hydrogens (tertiary/aromatic N) is 2. The molecule has 2 heterocycles. The summed E-state index contributed by atoms with van der Waals surface area (Å²) >= 11 is 1.25. The molecule has 3 rings (SSSR count).